The Hall–Kier alpha value is -2.46. The van der Waals surface area contributed by atoms with Crippen LogP contribution in [0.25, 0.3) is 16.8 Å². The Morgan fingerprint density at radius 2 is 1.91 bits per heavy atom. The normalized spacial score (nSPS) is 15.9. The van der Waals surface area contributed by atoms with Crippen LogP contribution in [-0.4, -0.2) is 48.8 Å². The Morgan fingerprint density at radius 3 is 2.70 bits per heavy atom. The summed E-state index contributed by atoms with van der Waals surface area (Å²) in [5.74, 6) is -0.355. The molecule has 0 saturated heterocycles. The van der Waals surface area contributed by atoms with Crippen molar-refractivity contribution in [1.82, 2.24) is 9.80 Å². The lowest BCUT2D eigenvalue weighted by atomic mass is 9.89. The first kappa shape index (κ1) is 14.2. The number of nitrogens with zero attached hydrogens (tertiary/aromatic N) is 2. The molecule has 0 N–H and O–H groups in total. The molecule has 4 heteroatoms. The maximum absolute atomic E-state index is 12.9. The highest BCUT2D eigenvalue weighted by molar-refractivity contribution is 6.26. The first-order chi connectivity index (χ1) is 11.1. The van der Waals surface area contributed by atoms with Crippen molar-refractivity contribution in [2.24, 2.45) is 0 Å². The lowest BCUT2D eigenvalue weighted by Crippen LogP contribution is -2.43. The van der Waals surface area contributed by atoms with Gasteiger partial charge in [0.1, 0.15) is 0 Å². The maximum Gasteiger partial charge on any atom is 0.261 e. The molecule has 1 aliphatic carbocycles. The summed E-state index contributed by atoms with van der Waals surface area (Å²) in [6.07, 6.45) is 5.04. The molecular formula is C19H18N2O2. The summed E-state index contributed by atoms with van der Waals surface area (Å²) in [6, 6.07) is 7.71. The maximum atomic E-state index is 12.9. The number of imide groups is 1. The molecule has 2 aliphatic rings. The Morgan fingerprint density at radius 1 is 1.13 bits per heavy atom. The second-order valence-corrected chi connectivity index (χ2v) is 6.40. The lowest BCUT2D eigenvalue weighted by molar-refractivity contribution is 0.0601. The molecule has 116 valence electrons. The average molecular weight is 306 g/mol. The van der Waals surface area contributed by atoms with Gasteiger partial charge in [-0.05, 0) is 49.2 Å². The zero-order chi connectivity index (χ0) is 16.1. The van der Waals surface area contributed by atoms with Crippen molar-refractivity contribution >= 4 is 28.7 Å². The Labute approximate surface area is 135 Å². The van der Waals surface area contributed by atoms with Crippen LogP contribution in [0.5, 0.6) is 0 Å². The summed E-state index contributed by atoms with van der Waals surface area (Å²) in [5.41, 5.74) is 3.61. The Kier molecular flexibility index (Phi) is 3.10. The van der Waals surface area contributed by atoms with Crippen LogP contribution in [-0.2, 0) is 6.42 Å². The molecule has 2 aromatic carbocycles. The smallest absolute Gasteiger partial charge is 0.261 e. The van der Waals surface area contributed by atoms with Gasteiger partial charge in [-0.15, -0.1) is 0 Å². The third kappa shape index (κ3) is 2.02. The lowest BCUT2D eigenvalue weighted by Gasteiger charge is -2.29. The largest absolute Gasteiger partial charge is 0.308 e. The van der Waals surface area contributed by atoms with E-state index in [0.29, 0.717) is 24.2 Å². The number of benzene rings is 2. The van der Waals surface area contributed by atoms with E-state index in [-0.39, 0.29) is 11.8 Å². The van der Waals surface area contributed by atoms with Gasteiger partial charge < -0.3 is 4.90 Å². The van der Waals surface area contributed by atoms with E-state index >= 15 is 0 Å². The molecular weight excluding hydrogens is 288 g/mol. The minimum absolute atomic E-state index is 0.171. The van der Waals surface area contributed by atoms with Gasteiger partial charge in [0.2, 0.25) is 0 Å². The highest BCUT2D eigenvalue weighted by atomic mass is 16.2. The fraction of sp³-hybridized carbons (Fsp3) is 0.263. The van der Waals surface area contributed by atoms with Gasteiger partial charge in [0.15, 0.2) is 0 Å². The fourth-order valence-electron chi connectivity index (χ4n) is 3.47. The van der Waals surface area contributed by atoms with E-state index in [0.717, 1.165) is 22.8 Å². The van der Waals surface area contributed by atoms with Crippen molar-refractivity contribution in [3.05, 3.63) is 52.6 Å². The van der Waals surface area contributed by atoms with E-state index in [1.807, 2.05) is 43.3 Å². The van der Waals surface area contributed by atoms with Gasteiger partial charge in [0.05, 0.1) is 0 Å². The highest BCUT2D eigenvalue weighted by Crippen LogP contribution is 2.36. The Balaban J connectivity index is 1.92. The molecule has 4 rings (SSSR count). The van der Waals surface area contributed by atoms with Gasteiger partial charge in [-0.3, -0.25) is 14.5 Å². The van der Waals surface area contributed by atoms with Gasteiger partial charge in [-0.2, -0.15) is 0 Å². The molecule has 0 unspecified atom stereocenters. The summed E-state index contributed by atoms with van der Waals surface area (Å²) >= 11 is 0. The summed E-state index contributed by atoms with van der Waals surface area (Å²) in [7, 11) is 3.87. The predicted octanol–water partition coefficient (Wildman–Crippen LogP) is 2.57. The number of fused-ring (bicyclic) bond motifs is 2. The predicted molar refractivity (Wildman–Crippen MR) is 90.6 cm³/mol. The van der Waals surface area contributed by atoms with Crippen molar-refractivity contribution in [3.8, 4) is 0 Å². The van der Waals surface area contributed by atoms with Gasteiger partial charge in [0.25, 0.3) is 11.8 Å². The number of carbonyl (C=O) groups excluding carboxylic acids is 2. The molecule has 23 heavy (non-hydrogen) atoms. The van der Waals surface area contributed by atoms with Gasteiger partial charge in [0, 0.05) is 29.6 Å². The third-order valence-corrected chi connectivity index (χ3v) is 4.63. The van der Waals surface area contributed by atoms with Crippen LogP contribution in [0.1, 0.15) is 31.8 Å². The molecule has 0 bridgehead atoms. The second kappa shape index (κ2) is 5.03. The first-order valence-corrected chi connectivity index (χ1v) is 7.84. The molecule has 2 amide bonds. The minimum atomic E-state index is -0.183. The van der Waals surface area contributed by atoms with E-state index in [9.17, 15) is 9.59 Å². The number of allylic oxidation sites excluding steroid dienone is 1. The number of rotatable bonds is 3. The number of amides is 2. The average Bonchev–Trinajstić information content (AvgIpc) is 3.00. The molecule has 0 spiro atoms. The van der Waals surface area contributed by atoms with Crippen molar-refractivity contribution in [2.45, 2.75) is 6.42 Å². The quantitative estimate of drug-likeness (QED) is 0.818. The van der Waals surface area contributed by atoms with Crippen LogP contribution in [0, 0.1) is 0 Å². The van der Waals surface area contributed by atoms with Crippen LogP contribution in [0.2, 0.25) is 0 Å². The SMILES string of the molecule is CN(C)CCN1C(=O)c2cccc3c4c(cc(c23)C1=O)CC=C4. The summed E-state index contributed by atoms with van der Waals surface area (Å²) in [4.78, 5) is 29.0. The molecule has 1 heterocycles. The molecule has 0 aromatic heterocycles. The van der Waals surface area contributed by atoms with Crippen LogP contribution < -0.4 is 0 Å². The van der Waals surface area contributed by atoms with Crippen molar-refractivity contribution in [1.29, 1.82) is 0 Å². The van der Waals surface area contributed by atoms with Gasteiger partial charge in [-0.1, -0.05) is 24.3 Å². The van der Waals surface area contributed by atoms with Crippen LogP contribution in [0.4, 0.5) is 0 Å². The molecule has 4 nitrogen and oxygen atoms in total. The zero-order valence-electron chi connectivity index (χ0n) is 13.3. The number of carbonyl (C=O) groups is 2. The van der Waals surface area contributed by atoms with E-state index in [4.69, 9.17) is 0 Å². The summed E-state index contributed by atoms with van der Waals surface area (Å²) in [5, 5.41) is 1.83. The molecule has 0 saturated carbocycles. The number of likely N-dealkylation sites (N-methyl/N-ethyl adjacent to an activating group) is 1. The summed E-state index contributed by atoms with van der Waals surface area (Å²) < 4.78 is 0. The Bertz CT molecular complexity index is 881. The number of hydrogen-bond acceptors (Lipinski definition) is 3. The standard InChI is InChI=1S/C19H18N2O2/c1-20(2)9-10-21-18(22)15-8-4-7-14-13-6-3-5-12(13)11-16(17(14)15)19(21)23/h3-4,6-8,11H,5,9-10H2,1-2H3. The molecule has 2 aromatic rings. The van der Waals surface area contributed by atoms with E-state index in [1.165, 1.54) is 10.5 Å². The monoisotopic (exact) mass is 306 g/mol. The highest BCUT2D eigenvalue weighted by Gasteiger charge is 2.33. The van der Waals surface area contributed by atoms with Crippen molar-refractivity contribution in [2.75, 3.05) is 27.2 Å². The second-order valence-electron chi connectivity index (χ2n) is 6.40. The molecule has 0 radical (unpaired) electrons. The molecule has 0 atom stereocenters. The minimum Gasteiger partial charge on any atom is -0.308 e. The van der Waals surface area contributed by atoms with Crippen molar-refractivity contribution < 1.29 is 9.59 Å². The zero-order valence-corrected chi connectivity index (χ0v) is 13.3. The van der Waals surface area contributed by atoms with E-state index in [1.54, 1.807) is 0 Å². The van der Waals surface area contributed by atoms with Crippen LogP contribution >= 0.6 is 0 Å². The number of hydrogen-bond donors (Lipinski definition) is 0. The van der Waals surface area contributed by atoms with Gasteiger partial charge >= 0.3 is 0 Å². The topological polar surface area (TPSA) is 40.6 Å². The van der Waals surface area contributed by atoms with E-state index < -0.39 is 0 Å². The molecule has 1 aliphatic heterocycles. The first-order valence-electron chi connectivity index (χ1n) is 7.84. The van der Waals surface area contributed by atoms with Crippen molar-refractivity contribution in [3.63, 3.8) is 0 Å². The van der Waals surface area contributed by atoms with Crippen LogP contribution in [0.3, 0.4) is 0 Å². The summed E-state index contributed by atoms with van der Waals surface area (Å²) in [6.45, 7) is 1.07. The van der Waals surface area contributed by atoms with Crippen LogP contribution in [0.15, 0.2) is 30.3 Å². The fourth-order valence-corrected chi connectivity index (χ4v) is 3.47. The molecule has 0 fully saturated rings. The van der Waals surface area contributed by atoms with Gasteiger partial charge in [-0.25, -0.2) is 0 Å². The third-order valence-electron chi connectivity index (χ3n) is 4.63. The van der Waals surface area contributed by atoms with E-state index in [2.05, 4.69) is 12.2 Å².